The SMILES string of the molecule is c1ccc(-c2ccc(-c3ccccc3N(c3ccccc3)c3cc4oc5ccc6oc7ccccc7c6c5c4c4oc5ccccc5c34)cc2)cc1. The third-order valence-electron chi connectivity index (χ3n) is 10.3. The van der Waals surface area contributed by atoms with Crippen LogP contribution in [0.4, 0.5) is 17.1 Å². The molecule has 0 saturated carbocycles. The number of para-hydroxylation sites is 4. The summed E-state index contributed by atoms with van der Waals surface area (Å²) >= 11 is 0. The van der Waals surface area contributed by atoms with Gasteiger partial charge in [-0.25, -0.2) is 0 Å². The van der Waals surface area contributed by atoms with Crippen molar-refractivity contribution in [1.82, 2.24) is 0 Å². The van der Waals surface area contributed by atoms with Crippen molar-refractivity contribution < 1.29 is 13.3 Å². The Morgan fingerprint density at radius 2 is 0.885 bits per heavy atom. The van der Waals surface area contributed by atoms with Crippen LogP contribution in [-0.2, 0) is 0 Å². The first kappa shape index (κ1) is 28.8. The summed E-state index contributed by atoms with van der Waals surface area (Å²) in [4.78, 5) is 2.35. The molecule has 0 fully saturated rings. The predicted octanol–water partition coefficient (Wildman–Crippen LogP) is 14.2. The molecule has 3 aromatic heterocycles. The van der Waals surface area contributed by atoms with Crippen molar-refractivity contribution in [3.63, 3.8) is 0 Å². The molecule has 0 amide bonds. The number of fused-ring (bicyclic) bond motifs is 11. The Morgan fingerprint density at radius 3 is 1.65 bits per heavy atom. The lowest BCUT2D eigenvalue weighted by Gasteiger charge is -2.28. The number of benzene rings is 8. The van der Waals surface area contributed by atoms with Gasteiger partial charge in [-0.15, -0.1) is 0 Å². The first-order valence-corrected chi connectivity index (χ1v) is 17.5. The molecule has 0 unspecified atom stereocenters. The molecule has 4 nitrogen and oxygen atoms in total. The van der Waals surface area contributed by atoms with E-state index in [-0.39, 0.29) is 0 Å². The molecule has 11 aromatic rings. The zero-order valence-corrected chi connectivity index (χ0v) is 27.9. The second-order valence-corrected chi connectivity index (χ2v) is 13.2. The molecule has 0 aliphatic heterocycles. The third-order valence-corrected chi connectivity index (χ3v) is 10.3. The molecule has 0 spiro atoms. The highest BCUT2D eigenvalue weighted by atomic mass is 16.3. The van der Waals surface area contributed by atoms with Crippen LogP contribution in [0, 0.1) is 0 Å². The predicted molar refractivity (Wildman–Crippen MR) is 214 cm³/mol. The highest BCUT2D eigenvalue weighted by Gasteiger charge is 2.27. The lowest BCUT2D eigenvalue weighted by atomic mass is 9.97. The number of rotatable bonds is 5. The van der Waals surface area contributed by atoms with E-state index in [1.165, 1.54) is 11.1 Å². The van der Waals surface area contributed by atoms with Crippen LogP contribution in [0.25, 0.3) is 88.1 Å². The summed E-state index contributed by atoms with van der Waals surface area (Å²) in [6.07, 6.45) is 0. The van der Waals surface area contributed by atoms with Crippen molar-refractivity contribution in [2.45, 2.75) is 0 Å². The molecular weight excluding hydrogens is 639 g/mol. The number of furan rings is 3. The van der Waals surface area contributed by atoms with Crippen molar-refractivity contribution >= 4 is 82.9 Å². The van der Waals surface area contributed by atoms with Gasteiger partial charge in [0.05, 0.1) is 22.1 Å². The average Bonchev–Trinajstić information content (AvgIpc) is 3.90. The van der Waals surface area contributed by atoms with Crippen LogP contribution in [-0.4, -0.2) is 0 Å². The van der Waals surface area contributed by atoms with Crippen molar-refractivity contribution in [2.24, 2.45) is 0 Å². The summed E-state index contributed by atoms with van der Waals surface area (Å²) in [6, 6.07) is 61.2. The number of nitrogens with zero attached hydrogens (tertiary/aromatic N) is 1. The summed E-state index contributed by atoms with van der Waals surface area (Å²) in [6.45, 7) is 0. The van der Waals surface area contributed by atoms with Crippen LogP contribution in [0.5, 0.6) is 0 Å². The summed E-state index contributed by atoms with van der Waals surface area (Å²) in [5.74, 6) is 0. The molecule has 0 N–H and O–H groups in total. The van der Waals surface area contributed by atoms with Crippen molar-refractivity contribution in [3.8, 4) is 22.3 Å². The minimum atomic E-state index is 0.750. The summed E-state index contributed by atoms with van der Waals surface area (Å²) < 4.78 is 20.0. The van der Waals surface area contributed by atoms with Gasteiger partial charge in [-0.1, -0.05) is 127 Å². The van der Waals surface area contributed by atoms with Gasteiger partial charge in [0.2, 0.25) is 0 Å². The van der Waals surface area contributed by atoms with Gasteiger partial charge in [0.15, 0.2) is 0 Å². The van der Waals surface area contributed by atoms with E-state index in [1.807, 2.05) is 36.4 Å². The van der Waals surface area contributed by atoms with Gasteiger partial charge in [0, 0.05) is 38.9 Å². The Balaban J connectivity index is 1.22. The number of anilines is 3. The highest BCUT2D eigenvalue weighted by molar-refractivity contribution is 6.33. The van der Waals surface area contributed by atoms with Crippen LogP contribution < -0.4 is 4.90 Å². The van der Waals surface area contributed by atoms with Gasteiger partial charge in [-0.3, -0.25) is 0 Å². The number of hydrogen-bond donors (Lipinski definition) is 0. The van der Waals surface area contributed by atoms with E-state index in [4.69, 9.17) is 13.3 Å². The summed E-state index contributed by atoms with van der Waals surface area (Å²) in [7, 11) is 0. The van der Waals surface area contributed by atoms with E-state index in [9.17, 15) is 0 Å². The fourth-order valence-corrected chi connectivity index (χ4v) is 7.97. The maximum atomic E-state index is 6.89. The van der Waals surface area contributed by atoms with Crippen molar-refractivity contribution in [2.75, 3.05) is 4.90 Å². The van der Waals surface area contributed by atoms with Crippen LogP contribution in [0.2, 0.25) is 0 Å². The fourth-order valence-electron chi connectivity index (χ4n) is 7.97. The standard InChI is InChI=1S/C48H29NO3/c1-3-13-30(14-4-1)31-23-25-32(26-24-31)34-17-7-10-20-37(34)49(33-15-5-2-6-16-33)38-29-43-47(48-44(38)35-18-8-12-22-40(35)52-48)46-42(51-43)28-27-41-45(46)36-19-9-11-21-39(36)50-41/h1-29H. The summed E-state index contributed by atoms with van der Waals surface area (Å²) in [5.41, 5.74) is 12.5. The molecule has 0 radical (unpaired) electrons. The van der Waals surface area contributed by atoms with Gasteiger partial charge in [-0.05, 0) is 59.2 Å². The Hall–Kier alpha value is -7.04. The Labute approximate surface area is 298 Å². The lowest BCUT2D eigenvalue weighted by Crippen LogP contribution is -2.11. The Kier molecular flexibility index (Phi) is 6.22. The topological polar surface area (TPSA) is 42.7 Å². The average molecular weight is 668 g/mol. The van der Waals surface area contributed by atoms with E-state index >= 15 is 0 Å². The maximum Gasteiger partial charge on any atom is 0.149 e. The molecule has 0 bridgehead atoms. The molecule has 8 aromatic carbocycles. The van der Waals surface area contributed by atoms with Crippen LogP contribution in [0.15, 0.2) is 189 Å². The first-order valence-electron chi connectivity index (χ1n) is 17.5. The van der Waals surface area contributed by atoms with Gasteiger partial charge in [-0.2, -0.15) is 0 Å². The van der Waals surface area contributed by atoms with Crippen molar-refractivity contribution in [1.29, 1.82) is 0 Å². The van der Waals surface area contributed by atoms with Crippen LogP contribution in [0.3, 0.4) is 0 Å². The maximum absolute atomic E-state index is 6.89. The molecule has 3 heterocycles. The van der Waals surface area contributed by atoms with E-state index in [2.05, 4.69) is 144 Å². The highest BCUT2D eigenvalue weighted by Crippen LogP contribution is 2.51. The second kappa shape index (κ2) is 11.2. The quantitative estimate of drug-likeness (QED) is 0.183. The molecule has 52 heavy (non-hydrogen) atoms. The van der Waals surface area contributed by atoms with Crippen LogP contribution >= 0.6 is 0 Å². The van der Waals surface area contributed by atoms with Crippen LogP contribution in [0.1, 0.15) is 0 Å². The zero-order chi connectivity index (χ0) is 34.2. The van der Waals surface area contributed by atoms with Crippen molar-refractivity contribution in [3.05, 3.63) is 176 Å². The Bertz CT molecular complexity index is 3110. The second-order valence-electron chi connectivity index (χ2n) is 13.2. The zero-order valence-electron chi connectivity index (χ0n) is 27.9. The smallest absolute Gasteiger partial charge is 0.149 e. The lowest BCUT2D eigenvalue weighted by molar-refractivity contribution is 0.660. The number of hydrogen-bond acceptors (Lipinski definition) is 4. The van der Waals surface area contributed by atoms with Gasteiger partial charge >= 0.3 is 0 Å². The van der Waals surface area contributed by atoms with E-state index in [0.717, 1.165) is 94.0 Å². The molecule has 0 saturated heterocycles. The molecule has 244 valence electrons. The molecule has 0 aliphatic carbocycles. The molecule has 0 aliphatic rings. The van der Waals surface area contributed by atoms with Gasteiger partial charge in [0.25, 0.3) is 0 Å². The van der Waals surface area contributed by atoms with Gasteiger partial charge < -0.3 is 18.2 Å². The summed E-state index contributed by atoms with van der Waals surface area (Å²) in [5, 5.41) is 6.09. The minimum Gasteiger partial charge on any atom is -0.456 e. The van der Waals surface area contributed by atoms with E-state index < -0.39 is 0 Å². The first-order chi connectivity index (χ1) is 25.8. The minimum absolute atomic E-state index is 0.750. The van der Waals surface area contributed by atoms with E-state index in [1.54, 1.807) is 0 Å². The molecule has 0 atom stereocenters. The third kappa shape index (κ3) is 4.28. The molecule has 11 rings (SSSR count). The largest absolute Gasteiger partial charge is 0.456 e. The Morgan fingerprint density at radius 1 is 0.327 bits per heavy atom. The fraction of sp³-hybridized carbons (Fsp3) is 0. The van der Waals surface area contributed by atoms with E-state index in [0.29, 0.717) is 0 Å². The molecule has 4 heteroatoms. The monoisotopic (exact) mass is 667 g/mol. The molecular formula is C48H29NO3. The normalized spacial score (nSPS) is 11.8. The van der Waals surface area contributed by atoms with Gasteiger partial charge in [0.1, 0.15) is 33.5 Å².